The van der Waals surface area contributed by atoms with E-state index in [4.69, 9.17) is 25.0 Å². The molecule has 1 saturated heterocycles. The number of ether oxygens (including phenoxy) is 2. The number of aromatic nitrogens is 4. The average molecular weight is 631 g/mol. The summed E-state index contributed by atoms with van der Waals surface area (Å²) in [6, 6.07) is 7.12. The third-order valence-corrected chi connectivity index (χ3v) is 7.01. The zero-order valence-corrected chi connectivity index (χ0v) is 26.2. The predicted molar refractivity (Wildman–Crippen MR) is 164 cm³/mol. The van der Waals surface area contributed by atoms with E-state index in [9.17, 15) is 19.2 Å². The van der Waals surface area contributed by atoms with E-state index in [1.165, 1.54) is 5.56 Å². The molecule has 15 heteroatoms. The molecule has 45 heavy (non-hydrogen) atoms. The van der Waals surface area contributed by atoms with Gasteiger partial charge in [0.1, 0.15) is 29.9 Å². The van der Waals surface area contributed by atoms with Gasteiger partial charge in [-0.3, -0.25) is 28.8 Å². The molecule has 3 heterocycles. The average Bonchev–Trinajstić information content (AvgIpc) is 3.24. The van der Waals surface area contributed by atoms with Gasteiger partial charge in [0.15, 0.2) is 5.52 Å². The summed E-state index contributed by atoms with van der Waals surface area (Å²) in [7, 11) is 1.79. The molecule has 4 rings (SSSR count). The van der Waals surface area contributed by atoms with Crippen LogP contribution < -0.4 is 15.6 Å². The van der Waals surface area contributed by atoms with Crippen LogP contribution in [0.3, 0.4) is 0 Å². The van der Waals surface area contributed by atoms with Crippen LogP contribution in [-0.2, 0) is 39.1 Å². The van der Waals surface area contributed by atoms with Crippen molar-refractivity contribution in [3.8, 4) is 17.1 Å². The summed E-state index contributed by atoms with van der Waals surface area (Å²) in [5, 5.41) is 33.7. The Morgan fingerprint density at radius 2 is 1.78 bits per heavy atom. The van der Waals surface area contributed by atoms with Crippen molar-refractivity contribution in [3.63, 3.8) is 0 Å². The lowest BCUT2D eigenvalue weighted by Crippen LogP contribution is -2.53. The maximum atomic E-state index is 12.9. The summed E-state index contributed by atoms with van der Waals surface area (Å²) in [5.74, 6) is -4.16. The highest BCUT2D eigenvalue weighted by Gasteiger charge is 2.35. The van der Waals surface area contributed by atoms with Gasteiger partial charge >= 0.3 is 11.9 Å². The van der Waals surface area contributed by atoms with Gasteiger partial charge in [-0.2, -0.15) is 5.10 Å². The summed E-state index contributed by atoms with van der Waals surface area (Å²) >= 11 is 0. The number of nitrogens with one attached hydrogen (secondary N) is 2. The standard InChI is InChI=1S/C24H34N6O2.C6H8O7/c1-6-8-19-21-22(29(5)28-19)24(31)27-23(26-21)18-11-17(9-10-20(18)32-7-2)14-30-12-15(3)25-16(4)13-30;7-3-13-6(12,1-4(8)9)2-5(10)11/h9-11,15-16,25H,6-8,12-14H2,1-5H3,(H,26,27,31);3,12H,1-2H2,(H,8,9)(H,10,11)/t15-,16+;. The molecule has 0 spiro atoms. The van der Waals surface area contributed by atoms with E-state index in [0.29, 0.717) is 35.5 Å². The van der Waals surface area contributed by atoms with Crippen molar-refractivity contribution in [2.45, 2.75) is 77.8 Å². The number of carbonyl (C=O) groups excluding carboxylic acids is 1. The van der Waals surface area contributed by atoms with Gasteiger partial charge in [-0.05, 0) is 44.9 Å². The first-order chi connectivity index (χ1) is 21.3. The van der Waals surface area contributed by atoms with Crippen molar-refractivity contribution >= 4 is 29.4 Å². The van der Waals surface area contributed by atoms with Gasteiger partial charge in [-0.1, -0.05) is 19.4 Å². The SMILES string of the molecule is CCCc1nn(C)c2c(=O)[nH]c(-c3cc(CN4C[C@@H](C)N[C@@H](C)C4)ccc3OCC)nc12.O=COC(O)(CC(=O)O)CC(=O)O. The van der Waals surface area contributed by atoms with E-state index in [2.05, 4.69) is 57.9 Å². The first-order valence-corrected chi connectivity index (χ1v) is 14.8. The number of rotatable bonds is 13. The van der Waals surface area contributed by atoms with Gasteiger partial charge in [-0.15, -0.1) is 0 Å². The Labute approximate surface area is 260 Å². The highest BCUT2D eigenvalue weighted by Crippen LogP contribution is 2.30. The Kier molecular flexibility index (Phi) is 12.2. The van der Waals surface area contributed by atoms with E-state index in [0.717, 1.165) is 49.5 Å². The Morgan fingerprint density at radius 3 is 2.33 bits per heavy atom. The van der Waals surface area contributed by atoms with Crippen LogP contribution in [0.5, 0.6) is 5.75 Å². The molecule has 0 aliphatic carbocycles. The Bertz CT molecular complexity index is 1530. The minimum Gasteiger partial charge on any atom is -0.493 e. The first kappa shape index (κ1) is 35.1. The van der Waals surface area contributed by atoms with Crippen LogP contribution in [0.15, 0.2) is 23.0 Å². The van der Waals surface area contributed by atoms with Crippen molar-refractivity contribution < 1.29 is 39.2 Å². The highest BCUT2D eigenvalue weighted by atomic mass is 16.6. The second-order valence-corrected chi connectivity index (χ2v) is 11.2. The van der Waals surface area contributed by atoms with Crippen LogP contribution in [0.25, 0.3) is 22.4 Å². The maximum absolute atomic E-state index is 12.9. The predicted octanol–water partition coefficient (Wildman–Crippen LogP) is 1.65. The lowest BCUT2D eigenvalue weighted by atomic mass is 10.1. The summed E-state index contributed by atoms with van der Waals surface area (Å²) in [5.41, 5.74) is 3.84. The second-order valence-electron chi connectivity index (χ2n) is 11.2. The molecule has 2 atom stereocenters. The number of aromatic amines is 1. The third kappa shape index (κ3) is 9.57. The Hall–Kier alpha value is -4.34. The first-order valence-electron chi connectivity index (χ1n) is 14.8. The number of carbonyl (C=O) groups is 3. The molecule has 3 aromatic rings. The molecule has 1 aliphatic heterocycles. The molecule has 1 aliphatic rings. The minimum atomic E-state index is -2.47. The molecule has 246 valence electrons. The number of carboxylic acid groups (broad SMARTS) is 2. The van der Waals surface area contributed by atoms with Crippen LogP contribution in [0, 0.1) is 0 Å². The van der Waals surface area contributed by atoms with Crippen molar-refractivity contribution in [3.05, 3.63) is 39.8 Å². The van der Waals surface area contributed by atoms with Crippen LogP contribution in [-0.4, -0.2) is 95.9 Å². The summed E-state index contributed by atoms with van der Waals surface area (Å²) < 4.78 is 11.5. The molecule has 0 radical (unpaired) electrons. The quantitative estimate of drug-likeness (QED) is 0.135. The van der Waals surface area contributed by atoms with E-state index in [1.54, 1.807) is 11.7 Å². The van der Waals surface area contributed by atoms with Gasteiger partial charge < -0.3 is 35.1 Å². The number of hydrogen-bond donors (Lipinski definition) is 5. The largest absolute Gasteiger partial charge is 0.493 e. The molecular weight excluding hydrogens is 588 g/mol. The van der Waals surface area contributed by atoms with Gasteiger partial charge in [0.05, 0.1) is 17.9 Å². The van der Waals surface area contributed by atoms with E-state index in [1.807, 2.05) is 13.0 Å². The smallest absolute Gasteiger partial charge is 0.310 e. The Balaban J connectivity index is 0.000000360. The van der Waals surface area contributed by atoms with Crippen LogP contribution in [0.4, 0.5) is 0 Å². The fourth-order valence-corrected chi connectivity index (χ4v) is 5.46. The number of fused-ring (bicyclic) bond motifs is 1. The van der Waals surface area contributed by atoms with Crippen molar-refractivity contribution in [1.82, 2.24) is 30.0 Å². The number of H-pyrrole nitrogens is 1. The highest BCUT2D eigenvalue weighted by molar-refractivity contribution is 5.80. The number of aryl methyl sites for hydroxylation is 2. The van der Waals surface area contributed by atoms with Crippen LogP contribution in [0.1, 0.15) is 58.2 Å². The number of aliphatic carboxylic acids is 2. The van der Waals surface area contributed by atoms with Gasteiger partial charge in [0.25, 0.3) is 12.0 Å². The van der Waals surface area contributed by atoms with Crippen LogP contribution in [0.2, 0.25) is 0 Å². The fraction of sp³-hybridized carbons (Fsp3) is 0.533. The van der Waals surface area contributed by atoms with Gasteiger partial charge in [0, 0.05) is 38.8 Å². The monoisotopic (exact) mass is 630 g/mol. The summed E-state index contributed by atoms with van der Waals surface area (Å²) in [6.45, 7) is 11.7. The van der Waals surface area contributed by atoms with Crippen molar-refractivity contribution in [2.24, 2.45) is 7.05 Å². The molecule has 2 aromatic heterocycles. The molecular formula is C30H42N6O9. The zero-order chi connectivity index (χ0) is 33.3. The molecule has 0 unspecified atom stereocenters. The molecule has 15 nitrogen and oxygen atoms in total. The van der Waals surface area contributed by atoms with Crippen LogP contribution >= 0.6 is 0 Å². The zero-order valence-electron chi connectivity index (χ0n) is 26.2. The molecule has 5 N–H and O–H groups in total. The number of carboxylic acids is 2. The third-order valence-electron chi connectivity index (χ3n) is 7.01. The molecule has 1 aromatic carbocycles. The fourth-order valence-electron chi connectivity index (χ4n) is 5.46. The number of hydrogen-bond acceptors (Lipinski definition) is 11. The van der Waals surface area contributed by atoms with Gasteiger partial charge in [0.2, 0.25) is 5.79 Å². The van der Waals surface area contributed by atoms with E-state index in [-0.39, 0.29) is 12.0 Å². The maximum Gasteiger partial charge on any atom is 0.310 e. The number of nitrogens with zero attached hydrogens (tertiary/aromatic N) is 4. The minimum absolute atomic E-state index is 0.181. The Morgan fingerprint density at radius 1 is 1.13 bits per heavy atom. The van der Waals surface area contributed by atoms with Gasteiger partial charge in [-0.25, -0.2) is 4.98 Å². The normalized spacial score (nSPS) is 16.9. The van der Waals surface area contributed by atoms with Crippen molar-refractivity contribution in [1.29, 1.82) is 0 Å². The topological polar surface area (TPSA) is 209 Å². The molecule has 0 amide bonds. The molecule has 0 saturated carbocycles. The van der Waals surface area contributed by atoms with E-state index >= 15 is 0 Å². The molecule has 1 fully saturated rings. The lowest BCUT2D eigenvalue weighted by Gasteiger charge is -2.36. The number of piperazine rings is 1. The number of benzene rings is 1. The van der Waals surface area contributed by atoms with Crippen molar-refractivity contribution in [2.75, 3.05) is 19.7 Å². The second kappa shape index (κ2) is 15.6. The number of aliphatic hydroxyl groups is 1. The summed E-state index contributed by atoms with van der Waals surface area (Å²) in [4.78, 5) is 53.3. The lowest BCUT2D eigenvalue weighted by molar-refractivity contribution is -0.208. The van der Waals surface area contributed by atoms with E-state index < -0.39 is 30.6 Å². The molecule has 0 bridgehead atoms. The summed E-state index contributed by atoms with van der Waals surface area (Å²) in [6.07, 6.45) is -0.224.